The van der Waals surface area contributed by atoms with E-state index in [2.05, 4.69) is 18.8 Å². The lowest BCUT2D eigenvalue weighted by atomic mass is 9.95. The van der Waals surface area contributed by atoms with Gasteiger partial charge in [-0.05, 0) is 62.2 Å². The maximum absolute atomic E-state index is 13.7. The smallest absolute Gasteiger partial charge is 0.336 e. The molecule has 0 aliphatic carbocycles. The van der Waals surface area contributed by atoms with E-state index < -0.39 is 5.97 Å². The molecule has 0 amide bonds. The number of aromatic carboxylic acids is 1. The van der Waals surface area contributed by atoms with Crippen molar-refractivity contribution in [3.05, 3.63) is 94.9 Å². The molecule has 8 nitrogen and oxygen atoms in total. The van der Waals surface area contributed by atoms with Crippen molar-refractivity contribution >= 4 is 17.0 Å². The fraction of sp³-hybridized carbons (Fsp3) is 0.290. The molecule has 0 spiro atoms. The van der Waals surface area contributed by atoms with Crippen molar-refractivity contribution in [1.82, 2.24) is 19.7 Å². The number of nitrogens with zero attached hydrogens (tertiary/aromatic N) is 4. The van der Waals surface area contributed by atoms with Crippen LogP contribution in [-0.2, 0) is 17.8 Å². The number of aryl methyl sites for hydroxylation is 1. The number of rotatable bonds is 11. The molecular weight excluding hydrogens is 511 g/mol. The Hall–Kier alpha value is -4.37. The Balaban J connectivity index is 1.42. The summed E-state index contributed by atoms with van der Waals surface area (Å²) in [5, 5.41) is 15.5. The molecule has 0 fully saturated rings. The summed E-state index contributed by atoms with van der Waals surface area (Å²) in [6.07, 6.45) is 1.98. The van der Waals surface area contributed by atoms with Crippen LogP contribution in [0.5, 0.6) is 0 Å². The van der Waals surface area contributed by atoms with E-state index in [-0.39, 0.29) is 23.9 Å². The molecule has 206 valence electrons. The molecule has 0 unspecified atom stereocenters. The fourth-order valence-electron chi connectivity index (χ4n) is 4.83. The molecular formula is C31H31FN4O4. The van der Waals surface area contributed by atoms with Crippen LogP contribution >= 0.6 is 0 Å². The minimum absolute atomic E-state index is 0.0600. The Labute approximate surface area is 231 Å². The highest BCUT2D eigenvalue weighted by Gasteiger charge is 2.25. The second kappa shape index (κ2) is 11.8. The highest BCUT2D eigenvalue weighted by atomic mass is 19.1. The van der Waals surface area contributed by atoms with Gasteiger partial charge in [-0.3, -0.25) is 0 Å². The molecule has 1 N–H and O–H groups in total. The maximum atomic E-state index is 13.7. The number of hydrogen-bond acceptors (Lipinski definition) is 6. The van der Waals surface area contributed by atoms with Crippen LogP contribution in [0.3, 0.4) is 0 Å². The van der Waals surface area contributed by atoms with Crippen molar-refractivity contribution in [2.75, 3.05) is 6.61 Å². The molecule has 9 heteroatoms. The van der Waals surface area contributed by atoms with Crippen LogP contribution in [-0.4, -0.2) is 37.4 Å². The fourth-order valence-corrected chi connectivity index (χ4v) is 4.83. The van der Waals surface area contributed by atoms with Gasteiger partial charge in [0.2, 0.25) is 5.89 Å². The van der Waals surface area contributed by atoms with Crippen molar-refractivity contribution < 1.29 is 23.4 Å². The number of halogens is 1. The van der Waals surface area contributed by atoms with Gasteiger partial charge in [0.25, 0.3) is 0 Å². The van der Waals surface area contributed by atoms with E-state index in [1.807, 2.05) is 37.3 Å². The van der Waals surface area contributed by atoms with E-state index in [1.54, 1.807) is 22.9 Å². The Morgan fingerprint density at radius 1 is 1.07 bits per heavy atom. The molecule has 0 aliphatic rings. The average Bonchev–Trinajstić information content (AvgIpc) is 3.53. The quantitative estimate of drug-likeness (QED) is 0.181. The van der Waals surface area contributed by atoms with Crippen LogP contribution in [0.1, 0.15) is 65.8 Å². The summed E-state index contributed by atoms with van der Waals surface area (Å²) in [4.78, 5) is 21.8. The SMILES string of the molecule is CCC(CC)c1nn(-c2ccc(F)cc2)c2nc(CCOCc3nc(-c4ccccc4)oc3C)cc(C(=O)O)c12. The number of fused-ring (bicyclic) bond motifs is 1. The zero-order chi connectivity index (χ0) is 28.2. The van der Waals surface area contributed by atoms with E-state index in [0.29, 0.717) is 58.5 Å². The first-order valence-corrected chi connectivity index (χ1v) is 13.4. The predicted octanol–water partition coefficient (Wildman–Crippen LogP) is 6.88. The Morgan fingerprint density at radius 2 is 1.80 bits per heavy atom. The summed E-state index contributed by atoms with van der Waals surface area (Å²) in [5.74, 6) is -0.131. The zero-order valence-electron chi connectivity index (χ0n) is 22.7. The molecule has 5 aromatic rings. The highest BCUT2D eigenvalue weighted by Crippen LogP contribution is 2.33. The van der Waals surface area contributed by atoms with Crippen molar-refractivity contribution in [2.45, 2.75) is 52.6 Å². The van der Waals surface area contributed by atoms with Crippen molar-refractivity contribution in [2.24, 2.45) is 0 Å². The Morgan fingerprint density at radius 3 is 2.48 bits per heavy atom. The lowest BCUT2D eigenvalue weighted by molar-refractivity contribution is 0.0698. The van der Waals surface area contributed by atoms with Gasteiger partial charge in [-0.15, -0.1) is 0 Å². The summed E-state index contributed by atoms with van der Waals surface area (Å²) < 4.78 is 27.0. The minimum Gasteiger partial charge on any atom is -0.478 e. The Kier molecular flexibility index (Phi) is 8.02. The van der Waals surface area contributed by atoms with E-state index in [1.165, 1.54) is 12.1 Å². The van der Waals surface area contributed by atoms with Gasteiger partial charge in [-0.1, -0.05) is 32.0 Å². The largest absolute Gasteiger partial charge is 0.478 e. The van der Waals surface area contributed by atoms with E-state index in [0.717, 1.165) is 18.4 Å². The van der Waals surface area contributed by atoms with Crippen molar-refractivity contribution in [3.63, 3.8) is 0 Å². The number of carbonyl (C=O) groups is 1. The molecule has 3 aromatic heterocycles. The van der Waals surface area contributed by atoms with Gasteiger partial charge in [0.05, 0.1) is 35.5 Å². The molecule has 0 bridgehead atoms. The molecule has 5 rings (SSSR count). The van der Waals surface area contributed by atoms with E-state index >= 15 is 0 Å². The average molecular weight is 543 g/mol. The Bertz CT molecular complexity index is 1620. The third kappa shape index (κ3) is 5.51. The zero-order valence-corrected chi connectivity index (χ0v) is 22.7. The van der Waals surface area contributed by atoms with Gasteiger partial charge in [0.1, 0.15) is 17.3 Å². The van der Waals surface area contributed by atoms with Crippen LogP contribution in [0.25, 0.3) is 28.2 Å². The molecule has 0 saturated carbocycles. The lowest BCUT2D eigenvalue weighted by Gasteiger charge is -2.11. The first-order chi connectivity index (χ1) is 19.4. The van der Waals surface area contributed by atoms with E-state index in [9.17, 15) is 14.3 Å². The number of hydrogen-bond donors (Lipinski definition) is 1. The summed E-state index contributed by atoms with van der Waals surface area (Å²) in [7, 11) is 0. The molecule has 40 heavy (non-hydrogen) atoms. The molecule has 2 aromatic carbocycles. The summed E-state index contributed by atoms with van der Waals surface area (Å²) in [5.41, 5.74) is 4.03. The lowest BCUT2D eigenvalue weighted by Crippen LogP contribution is -2.07. The van der Waals surface area contributed by atoms with Gasteiger partial charge in [0, 0.05) is 23.6 Å². The number of carboxylic acid groups (broad SMARTS) is 1. The number of oxazole rings is 1. The molecule has 0 radical (unpaired) electrons. The van der Waals surface area contributed by atoms with Crippen molar-refractivity contribution in [3.8, 4) is 17.1 Å². The third-order valence-electron chi connectivity index (χ3n) is 7.05. The number of ether oxygens (including phenoxy) is 1. The van der Waals surface area contributed by atoms with Crippen LogP contribution in [0.2, 0.25) is 0 Å². The maximum Gasteiger partial charge on any atom is 0.336 e. The number of carboxylic acids is 1. The monoisotopic (exact) mass is 542 g/mol. The van der Waals surface area contributed by atoms with E-state index in [4.69, 9.17) is 19.2 Å². The van der Waals surface area contributed by atoms with Gasteiger partial charge >= 0.3 is 5.97 Å². The standard InChI is InChI=1S/C31H31FN4O4/c1-4-20(5-2)28-27-25(31(37)38)17-23(33-29(27)36(35-28)24-13-11-22(32)12-14-24)15-16-39-18-26-19(3)40-30(34-26)21-9-7-6-8-10-21/h6-14,17,20H,4-5,15-16,18H2,1-3H3,(H,37,38). The number of pyridine rings is 1. The van der Waals surface area contributed by atoms with Gasteiger partial charge < -0.3 is 14.3 Å². The van der Waals surface area contributed by atoms with Crippen LogP contribution in [0.15, 0.2) is 65.1 Å². The molecule has 0 atom stereocenters. The normalized spacial score (nSPS) is 11.5. The minimum atomic E-state index is -1.05. The van der Waals surface area contributed by atoms with Gasteiger partial charge in [0.15, 0.2) is 5.65 Å². The van der Waals surface area contributed by atoms with Gasteiger partial charge in [-0.2, -0.15) is 5.10 Å². The van der Waals surface area contributed by atoms with Crippen molar-refractivity contribution in [1.29, 1.82) is 0 Å². The summed E-state index contributed by atoms with van der Waals surface area (Å²) in [6, 6.07) is 17.2. The third-order valence-corrected chi connectivity index (χ3v) is 7.05. The second-order valence-electron chi connectivity index (χ2n) is 9.64. The number of aromatic nitrogens is 4. The molecule has 0 aliphatic heterocycles. The summed E-state index contributed by atoms with van der Waals surface area (Å²) >= 11 is 0. The summed E-state index contributed by atoms with van der Waals surface area (Å²) in [6.45, 7) is 6.50. The van der Waals surface area contributed by atoms with Crippen LogP contribution in [0.4, 0.5) is 4.39 Å². The predicted molar refractivity (Wildman–Crippen MR) is 149 cm³/mol. The number of benzene rings is 2. The second-order valence-corrected chi connectivity index (χ2v) is 9.64. The molecule has 0 saturated heterocycles. The van der Waals surface area contributed by atoms with Crippen LogP contribution < -0.4 is 0 Å². The highest BCUT2D eigenvalue weighted by molar-refractivity contribution is 6.03. The van der Waals surface area contributed by atoms with Crippen LogP contribution in [0, 0.1) is 12.7 Å². The first-order valence-electron chi connectivity index (χ1n) is 13.4. The van der Waals surface area contributed by atoms with Gasteiger partial charge in [-0.25, -0.2) is 23.8 Å². The first kappa shape index (κ1) is 27.2. The molecule has 3 heterocycles. The topological polar surface area (TPSA) is 103 Å².